The normalized spacial score (nSPS) is 39.2. The molecule has 9 rings (SSSR count). The second-order valence-corrected chi connectivity index (χ2v) is 14.1. The second kappa shape index (κ2) is 9.35. The average Bonchev–Trinajstić information content (AvgIpc) is 3.58. The number of hydrogen-bond acceptors (Lipinski definition) is 5. The number of H-pyrrole nitrogens is 1. The van der Waals surface area contributed by atoms with Crippen molar-refractivity contribution in [3.05, 3.63) is 60.5 Å². The first-order valence-electron chi connectivity index (χ1n) is 16.6. The van der Waals surface area contributed by atoms with Crippen LogP contribution in [0.5, 0.6) is 0 Å². The van der Waals surface area contributed by atoms with Crippen molar-refractivity contribution in [2.75, 3.05) is 26.2 Å². The smallest absolute Gasteiger partial charge is 0.133 e. The zero-order chi connectivity index (χ0) is 27.9. The number of ketones is 1. The molecule has 5 bridgehead atoms. The predicted octanol–water partition coefficient (Wildman–Crippen LogP) is 6.62. The second-order valence-electron chi connectivity index (χ2n) is 14.1. The van der Waals surface area contributed by atoms with Gasteiger partial charge in [-0.15, -0.1) is 0 Å². The van der Waals surface area contributed by atoms with Crippen LogP contribution in [0.15, 0.2) is 54.8 Å². The molecule has 3 aromatic rings. The first-order valence-corrected chi connectivity index (χ1v) is 16.6. The highest BCUT2D eigenvalue weighted by molar-refractivity contribution is 6.10. The third-order valence-corrected chi connectivity index (χ3v) is 11.9. The monoisotopic (exact) mass is 562 g/mol. The molecule has 1 aliphatic carbocycles. The first-order chi connectivity index (χ1) is 20.6. The molecule has 0 amide bonds. The van der Waals surface area contributed by atoms with Crippen molar-refractivity contribution >= 4 is 33.2 Å². The summed E-state index contributed by atoms with van der Waals surface area (Å²) in [5.41, 5.74) is 4.02. The van der Waals surface area contributed by atoms with Gasteiger partial charge in [-0.25, -0.2) is 0 Å². The molecular weight excluding hydrogens is 520 g/mol. The van der Waals surface area contributed by atoms with Crippen molar-refractivity contribution in [1.82, 2.24) is 19.8 Å². The van der Waals surface area contributed by atoms with Crippen LogP contribution in [0.1, 0.15) is 76.3 Å². The van der Waals surface area contributed by atoms with E-state index >= 15 is 0 Å². The Morgan fingerprint density at radius 1 is 0.952 bits per heavy atom. The van der Waals surface area contributed by atoms with Crippen LogP contribution >= 0.6 is 0 Å². The molecule has 6 nitrogen and oxygen atoms in total. The van der Waals surface area contributed by atoms with Gasteiger partial charge in [0.2, 0.25) is 0 Å². The third-order valence-electron chi connectivity index (χ3n) is 11.9. The van der Waals surface area contributed by atoms with Gasteiger partial charge >= 0.3 is 0 Å². The lowest BCUT2D eigenvalue weighted by Gasteiger charge is -2.59. The quantitative estimate of drug-likeness (QED) is 0.338. The number of aromatic amines is 1. The maximum atomic E-state index is 12.9. The zero-order valence-corrected chi connectivity index (χ0v) is 24.6. The zero-order valence-electron chi connectivity index (χ0n) is 24.6. The molecule has 7 heterocycles. The summed E-state index contributed by atoms with van der Waals surface area (Å²) in [6.07, 6.45) is 20.5. The molecule has 6 aliphatic rings. The molecule has 6 heteroatoms. The van der Waals surface area contributed by atoms with Gasteiger partial charge in [0.05, 0.1) is 17.3 Å². The standard InChI is InChI=1S/C36H42N4O2/c41-26-10-9-20-40-33-34-23-35(40,17-13-26)42-36(33)16-7-3-1-2-4-8-19-39(24-34)21-15-25(34)22-29(36)32-31-28(14-18-37-32)27-11-5-6-12-30(27)38-31/h1,3,5-6,11-12,14,18,22,25,33,38H,2,4,7-10,13,15-17,19-21,23-24H2/b3-1-/t25-,33-,34+,35+,36+/m0/s1. The molecule has 0 radical (unpaired) electrons. The van der Waals surface area contributed by atoms with E-state index in [2.05, 4.69) is 63.3 Å². The number of carbonyl (C=O) groups is 1. The summed E-state index contributed by atoms with van der Waals surface area (Å²) in [5, 5.41) is 2.49. The van der Waals surface area contributed by atoms with E-state index in [0.29, 0.717) is 30.6 Å². The van der Waals surface area contributed by atoms with Gasteiger partial charge < -0.3 is 14.6 Å². The SMILES string of the molecule is O=C1CCCN2[C@H]3[C@@]45CN6CCCC/C=C\CC[C@@]3(O[C@]2(CC1)C4)C(c1nccc2c1[nH]c1ccccc12)=C[C@@H]5CC6. The van der Waals surface area contributed by atoms with E-state index in [1.165, 1.54) is 48.7 Å². The number of hydrogen-bond donors (Lipinski definition) is 1. The number of para-hydroxylation sites is 1. The van der Waals surface area contributed by atoms with Crippen LogP contribution in [-0.4, -0.2) is 69.1 Å². The van der Waals surface area contributed by atoms with Crippen LogP contribution in [0, 0.1) is 11.3 Å². The van der Waals surface area contributed by atoms with Crippen LogP contribution in [-0.2, 0) is 9.53 Å². The van der Waals surface area contributed by atoms with E-state index in [-0.39, 0.29) is 11.1 Å². The number of piperidine rings is 1. The molecular formula is C36H42N4O2. The Hall–Kier alpha value is -2.80. The van der Waals surface area contributed by atoms with E-state index in [4.69, 9.17) is 9.72 Å². The van der Waals surface area contributed by atoms with Crippen molar-refractivity contribution in [2.24, 2.45) is 11.3 Å². The minimum absolute atomic E-state index is 0.152. The van der Waals surface area contributed by atoms with Crippen LogP contribution in [0.2, 0.25) is 0 Å². The average molecular weight is 563 g/mol. The number of allylic oxidation sites excluding steroid dienone is 3. The largest absolute Gasteiger partial charge is 0.353 e. The summed E-state index contributed by atoms with van der Waals surface area (Å²) in [4.78, 5) is 27.4. The number of benzene rings is 1. The molecule has 2 aromatic heterocycles. The molecule has 1 N–H and O–H groups in total. The highest BCUT2D eigenvalue weighted by Gasteiger charge is 2.77. The summed E-state index contributed by atoms with van der Waals surface area (Å²) < 4.78 is 7.69. The lowest BCUT2D eigenvalue weighted by atomic mass is 9.53. The minimum atomic E-state index is -0.442. The fraction of sp³-hybridized carbons (Fsp3) is 0.556. The summed E-state index contributed by atoms with van der Waals surface area (Å²) in [5.74, 6) is 0.907. The number of pyridine rings is 1. The van der Waals surface area contributed by atoms with Crippen molar-refractivity contribution in [3.63, 3.8) is 0 Å². The molecule has 1 spiro atoms. The highest BCUT2D eigenvalue weighted by atomic mass is 16.6. The Morgan fingerprint density at radius 2 is 1.88 bits per heavy atom. The molecule has 4 saturated heterocycles. The van der Waals surface area contributed by atoms with Crippen LogP contribution in [0.4, 0.5) is 0 Å². The van der Waals surface area contributed by atoms with E-state index in [9.17, 15) is 4.79 Å². The molecule has 218 valence electrons. The summed E-state index contributed by atoms with van der Waals surface area (Å²) in [7, 11) is 0. The van der Waals surface area contributed by atoms with E-state index in [0.717, 1.165) is 68.3 Å². The molecule has 4 fully saturated rings. The molecule has 1 aromatic carbocycles. The highest BCUT2D eigenvalue weighted by Crippen LogP contribution is 2.71. The molecule has 42 heavy (non-hydrogen) atoms. The van der Waals surface area contributed by atoms with Gasteiger partial charge in [-0.3, -0.25) is 14.7 Å². The van der Waals surface area contributed by atoms with Crippen LogP contribution in [0.3, 0.4) is 0 Å². The lowest BCUT2D eigenvalue weighted by molar-refractivity contribution is -0.178. The minimum Gasteiger partial charge on any atom is -0.353 e. The van der Waals surface area contributed by atoms with Crippen molar-refractivity contribution in [1.29, 1.82) is 0 Å². The molecule has 6 atom stereocenters. The number of aromatic nitrogens is 2. The Morgan fingerprint density at radius 3 is 2.86 bits per heavy atom. The molecule has 1 unspecified atom stereocenters. The number of fused-ring (bicyclic) bond motifs is 4. The van der Waals surface area contributed by atoms with Crippen molar-refractivity contribution in [2.45, 2.75) is 88.0 Å². The fourth-order valence-electron chi connectivity index (χ4n) is 10.4. The van der Waals surface area contributed by atoms with Crippen molar-refractivity contribution < 1.29 is 9.53 Å². The van der Waals surface area contributed by atoms with Gasteiger partial charge in [0.15, 0.2) is 0 Å². The first kappa shape index (κ1) is 25.7. The number of carbonyl (C=O) groups excluding carboxylic acids is 1. The van der Waals surface area contributed by atoms with Gasteiger partial charge in [-0.1, -0.05) is 36.4 Å². The van der Waals surface area contributed by atoms with Gasteiger partial charge in [0, 0.05) is 59.4 Å². The van der Waals surface area contributed by atoms with Gasteiger partial charge in [0.25, 0.3) is 0 Å². The summed E-state index contributed by atoms with van der Waals surface area (Å²) in [6, 6.07) is 11.1. The predicted molar refractivity (Wildman–Crippen MR) is 166 cm³/mol. The number of nitrogens with zero attached hydrogens (tertiary/aromatic N) is 3. The van der Waals surface area contributed by atoms with Gasteiger partial charge in [-0.05, 0) is 88.9 Å². The van der Waals surface area contributed by atoms with Crippen LogP contribution < -0.4 is 0 Å². The van der Waals surface area contributed by atoms with E-state index in [1.807, 2.05) is 6.20 Å². The van der Waals surface area contributed by atoms with Crippen LogP contribution in [0.25, 0.3) is 27.4 Å². The topological polar surface area (TPSA) is 61.5 Å². The lowest BCUT2D eigenvalue weighted by Crippen LogP contribution is -2.65. The Balaban J connectivity index is 1.29. The summed E-state index contributed by atoms with van der Waals surface area (Å²) >= 11 is 0. The Labute approximate surface area is 248 Å². The number of ether oxygens (including phenoxy) is 1. The summed E-state index contributed by atoms with van der Waals surface area (Å²) in [6.45, 7) is 4.48. The number of rotatable bonds is 1. The molecule has 5 aliphatic heterocycles. The maximum Gasteiger partial charge on any atom is 0.133 e. The Kier molecular flexibility index (Phi) is 5.71. The van der Waals surface area contributed by atoms with E-state index in [1.54, 1.807) is 0 Å². The Bertz CT molecular complexity index is 1640. The van der Waals surface area contributed by atoms with Gasteiger partial charge in [-0.2, -0.15) is 0 Å². The number of nitrogens with one attached hydrogen (secondary N) is 1. The van der Waals surface area contributed by atoms with E-state index < -0.39 is 5.60 Å². The maximum absolute atomic E-state index is 12.9. The van der Waals surface area contributed by atoms with Gasteiger partial charge in [0.1, 0.15) is 17.1 Å². The third kappa shape index (κ3) is 3.49. The number of Topliss-reactive ketones (excluding diaryl/α,β-unsaturated/α-hetero) is 1. The molecule has 0 saturated carbocycles. The van der Waals surface area contributed by atoms with Crippen molar-refractivity contribution in [3.8, 4) is 0 Å². The fourth-order valence-corrected chi connectivity index (χ4v) is 10.4.